The zero-order chi connectivity index (χ0) is 21.9. The van der Waals surface area contributed by atoms with Crippen LogP contribution in [0, 0.1) is 5.92 Å². The maximum absolute atomic E-state index is 13.0. The zero-order valence-corrected chi connectivity index (χ0v) is 18.1. The number of carbonyl (C=O) groups is 1. The third-order valence-corrected chi connectivity index (χ3v) is 6.18. The molecule has 1 saturated heterocycles. The molecule has 0 bridgehead atoms. The number of hydroxylamine groups is 2. The lowest BCUT2D eigenvalue weighted by molar-refractivity contribution is -0.237. The molecule has 0 N–H and O–H groups in total. The van der Waals surface area contributed by atoms with Gasteiger partial charge < -0.3 is 4.42 Å². The minimum absolute atomic E-state index is 0.145. The van der Waals surface area contributed by atoms with E-state index < -0.39 is 0 Å². The minimum Gasteiger partial charge on any atom is -0.441 e. The third-order valence-electron chi connectivity index (χ3n) is 6.18. The van der Waals surface area contributed by atoms with E-state index in [2.05, 4.69) is 29.2 Å². The first-order chi connectivity index (χ1) is 15.7. The number of rotatable bonds is 6. The fourth-order valence-corrected chi connectivity index (χ4v) is 4.52. The molecule has 0 saturated carbocycles. The number of Topliss-reactive ketones (excluding diaryl/α,β-unsaturated/α-hetero) is 1. The van der Waals surface area contributed by atoms with Crippen LogP contribution in [0.1, 0.15) is 42.4 Å². The van der Waals surface area contributed by atoms with Gasteiger partial charge in [0.1, 0.15) is 11.3 Å². The highest BCUT2D eigenvalue weighted by Crippen LogP contribution is 2.43. The van der Waals surface area contributed by atoms with Crippen LogP contribution in [0.4, 0.5) is 0 Å². The lowest BCUT2D eigenvalue weighted by Gasteiger charge is -2.44. The van der Waals surface area contributed by atoms with E-state index in [4.69, 9.17) is 9.25 Å². The van der Waals surface area contributed by atoms with E-state index in [1.165, 1.54) is 0 Å². The van der Waals surface area contributed by atoms with E-state index in [0.29, 0.717) is 25.3 Å². The Morgan fingerprint density at radius 3 is 2.31 bits per heavy atom. The average Bonchev–Trinajstić information content (AvgIpc) is 3.25. The van der Waals surface area contributed by atoms with Gasteiger partial charge in [-0.05, 0) is 23.3 Å². The Kier molecular flexibility index (Phi) is 5.84. The van der Waals surface area contributed by atoms with Gasteiger partial charge in [-0.25, -0.2) is 4.98 Å². The van der Waals surface area contributed by atoms with Crippen molar-refractivity contribution >= 4 is 16.9 Å². The van der Waals surface area contributed by atoms with Crippen LogP contribution in [-0.4, -0.2) is 22.4 Å². The molecule has 4 aromatic rings. The highest BCUT2D eigenvalue weighted by molar-refractivity contribution is 5.83. The Morgan fingerprint density at radius 1 is 0.938 bits per heavy atom. The topological polar surface area (TPSA) is 55.6 Å². The van der Waals surface area contributed by atoms with Crippen LogP contribution >= 0.6 is 0 Å². The molecule has 5 rings (SSSR count). The summed E-state index contributed by atoms with van der Waals surface area (Å²) in [7, 11) is 0. The Morgan fingerprint density at radius 2 is 1.59 bits per heavy atom. The molecule has 3 aromatic carbocycles. The SMILES string of the molecule is CC1C(=O)CC(c2ccccc2)N(OCCc2nc3ccccc3o2)C1c1ccccc1. The molecular formula is C27H26N2O3. The van der Waals surface area contributed by atoms with Crippen molar-refractivity contribution in [3.05, 3.63) is 102 Å². The van der Waals surface area contributed by atoms with Gasteiger partial charge in [0.15, 0.2) is 11.5 Å². The standard InChI is InChI=1S/C27H26N2O3/c1-19-24(30)18-23(20-10-4-2-5-11-20)29(27(19)21-12-6-3-7-13-21)31-17-16-26-28-22-14-8-9-15-25(22)32-26/h2-15,19,23,27H,16-18H2,1H3. The second kappa shape index (κ2) is 9.07. The number of oxazole rings is 1. The summed E-state index contributed by atoms with van der Waals surface area (Å²) in [4.78, 5) is 24.0. The number of hydrogen-bond donors (Lipinski definition) is 0. The van der Waals surface area contributed by atoms with Crippen LogP contribution in [-0.2, 0) is 16.1 Å². The number of piperidine rings is 1. The Balaban J connectivity index is 1.42. The molecule has 0 aliphatic carbocycles. The number of para-hydroxylation sites is 2. The zero-order valence-electron chi connectivity index (χ0n) is 18.1. The predicted octanol–water partition coefficient (Wildman–Crippen LogP) is 5.70. The molecule has 5 heteroatoms. The molecule has 0 amide bonds. The van der Waals surface area contributed by atoms with Crippen LogP contribution < -0.4 is 0 Å². The molecule has 3 unspecified atom stereocenters. The van der Waals surface area contributed by atoms with Crippen molar-refractivity contribution in [2.45, 2.75) is 31.8 Å². The van der Waals surface area contributed by atoms with Crippen LogP contribution in [0.15, 0.2) is 89.3 Å². The number of hydrogen-bond acceptors (Lipinski definition) is 5. The van der Waals surface area contributed by atoms with Crippen molar-refractivity contribution < 1.29 is 14.0 Å². The molecule has 32 heavy (non-hydrogen) atoms. The van der Waals surface area contributed by atoms with Crippen molar-refractivity contribution in [2.24, 2.45) is 5.92 Å². The molecule has 0 radical (unpaired) electrons. The molecule has 1 aliphatic rings. The van der Waals surface area contributed by atoms with E-state index in [1.54, 1.807) is 0 Å². The fraction of sp³-hybridized carbons (Fsp3) is 0.259. The predicted molar refractivity (Wildman–Crippen MR) is 123 cm³/mol. The summed E-state index contributed by atoms with van der Waals surface area (Å²) in [5, 5.41) is 2.03. The van der Waals surface area contributed by atoms with Gasteiger partial charge in [-0.1, -0.05) is 79.7 Å². The summed E-state index contributed by atoms with van der Waals surface area (Å²) in [6.07, 6.45) is 0.980. The van der Waals surface area contributed by atoms with Gasteiger partial charge in [-0.2, -0.15) is 5.06 Å². The maximum Gasteiger partial charge on any atom is 0.197 e. The third kappa shape index (κ3) is 4.09. The highest BCUT2D eigenvalue weighted by Gasteiger charge is 2.42. The van der Waals surface area contributed by atoms with Crippen molar-refractivity contribution in [3.8, 4) is 0 Å². The van der Waals surface area contributed by atoms with Crippen molar-refractivity contribution in [1.82, 2.24) is 10.0 Å². The van der Waals surface area contributed by atoms with Crippen molar-refractivity contribution in [1.29, 1.82) is 0 Å². The molecule has 1 fully saturated rings. The van der Waals surface area contributed by atoms with Gasteiger partial charge in [0.25, 0.3) is 0 Å². The van der Waals surface area contributed by atoms with Crippen LogP contribution in [0.3, 0.4) is 0 Å². The molecule has 3 atom stereocenters. The van der Waals surface area contributed by atoms with E-state index in [-0.39, 0.29) is 23.8 Å². The van der Waals surface area contributed by atoms with Gasteiger partial charge in [0.2, 0.25) is 0 Å². The highest BCUT2D eigenvalue weighted by atomic mass is 16.7. The number of carbonyl (C=O) groups excluding carboxylic acids is 1. The lowest BCUT2D eigenvalue weighted by Crippen LogP contribution is -2.45. The Bertz CT molecular complexity index is 1160. The molecular weight excluding hydrogens is 400 g/mol. The van der Waals surface area contributed by atoms with E-state index >= 15 is 0 Å². The van der Waals surface area contributed by atoms with Crippen molar-refractivity contribution in [2.75, 3.05) is 6.61 Å². The first-order valence-electron chi connectivity index (χ1n) is 11.1. The number of ketones is 1. The number of aromatic nitrogens is 1. The second-order valence-electron chi connectivity index (χ2n) is 8.26. The van der Waals surface area contributed by atoms with Crippen molar-refractivity contribution in [3.63, 3.8) is 0 Å². The first kappa shape index (κ1) is 20.6. The second-order valence-corrected chi connectivity index (χ2v) is 8.26. The average molecular weight is 427 g/mol. The lowest BCUT2D eigenvalue weighted by atomic mass is 9.81. The summed E-state index contributed by atoms with van der Waals surface area (Å²) >= 11 is 0. The molecule has 0 spiro atoms. The Labute approximate surface area is 187 Å². The Hall–Kier alpha value is -3.28. The fourth-order valence-electron chi connectivity index (χ4n) is 4.52. The number of nitrogens with zero attached hydrogens (tertiary/aromatic N) is 2. The van der Waals surface area contributed by atoms with E-state index in [1.807, 2.05) is 72.7 Å². The van der Waals surface area contributed by atoms with Gasteiger partial charge in [-0.3, -0.25) is 9.63 Å². The molecule has 5 nitrogen and oxygen atoms in total. The quantitative estimate of drug-likeness (QED) is 0.396. The number of benzene rings is 3. The normalized spacial score (nSPS) is 21.8. The van der Waals surface area contributed by atoms with Crippen LogP contribution in [0.5, 0.6) is 0 Å². The largest absolute Gasteiger partial charge is 0.441 e. The first-order valence-corrected chi connectivity index (χ1v) is 11.1. The molecule has 1 aliphatic heterocycles. The summed E-state index contributed by atoms with van der Waals surface area (Å²) in [6, 6.07) is 27.7. The molecule has 162 valence electrons. The van der Waals surface area contributed by atoms with E-state index in [0.717, 1.165) is 22.2 Å². The van der Waals surface area contributed by atoms with Gasteiger partial charge in [0.05, 0.1) is 18.7 Å². The van der Waals surface area contributed by atoms with E-state index in [9.17, 15) is 4.79 Å². The summed E-state index contributed by atoms with van der Waals surface area (Å²) in [5.41, 5.74) is 3.79. The van der Waals surface area contributed by atoms with Gasteiger partial charge in [-0.15, -0.1) is 0 Å². The number of fused-ring (bicyclic) bond motifs is 1. The van der Waals surface area contributed by atoms with Gasteiger partial charge >= 0.3 is 0 Å². The minimum atomic E-state index is -0.165. The maximum atomic E-state index is 13.0. The monoisotopic (exact) mass is 426 g/mol. The molecule has 1 aromatic heterocycles. The molecule has 2 heterocycles. The van der Waals surface area contributed by atoms with Crippen LogP contribution in [0.2, 0.25) is 0 Å². The smallest absolute Gasteiger partial charge is 0.197 e. The summed E-state index contributed by atoms with van der Waals surface area (Å²) in [5.74, 6) is 0.744. The summed E-state index contributed by atoms with van der Waals surface area (Å²) < 4.78 is 5.85. The van der Waals surface area contributed by atoms with Gasteiger partial charge in [0, 0.05) is 18.8 Å². The van der Waals surface area contributed by atoms with Crippen LogP contribution in [0.25, 0.3) is 11.1 Å². The summed E-state index contributed by atoms with van der Waals surface area (Å²) in [6.45, 7) is 2.42.